The van der Waals surface area contributed by atoms with Gasteiger partial charge in [0.2, 0.25) is 5.16 Å². The molecule has 8 heteroatoms. The molecular weight excluding hydrogens is 260 g/mol. The number of thiophene rings is 1. The number of nitrogens with zero attached hydrogens (tertiary/aromatic N) is 4. The zero-order valence-electron chi connectivity index (χ0n) is 9.25. The first-order chi connectivity index (χ1) is 8.08. The maximum absolute atomic E-state index is 10.8. The Morgan fingerprint density at radius 1 is 1.65 bits per heavy atom. The van der Waals surface area contributed by atoms with Gasteiger partial charge in [-0.25, -0.2) is 9.48 Å². The molecule has 0 unspecified atom stereocenters. The van der Waals surface area contributed by atoms with Crippen molar-refractivity contribution in [3.8, 4) is 0 Å². The van der Waals surface area contributed by atoms with Crippen LogP contribution in [0.25, 0.3) is 0 Å². The molecule has 2 rings (SSSR count). The van der Waals surface area contributed by atoms with Crippen LogP contribution in [0, 0.1) is 6.92 Å². The Labute approximate surface area is 106 Å². The Kier molecular flexibility index (Phi) is 3.43. The zero-order chi connectivity index (χ0) is 12.4. The number of rotatable bonds is 4. The van der Waals surface area contributed by atoms with Crippen molar-refractivity contribution in [3.63, 3.8) is 0 Å². The molecule has 0 aliphatic carbocycles. The van der Waals surface area contributed by atoms with Crippen LogP contribution in [0.1, 0.15) is 20.1 Å². The van der Waals surface area contributed by atoms with Gasteiger partial charge in [-0.15, -0.1) is 16.4 Å². The highest BCUT2D eigenvalue weighted by molar-refractivity contribution is 7.98. The molecule has 90 valence electrons. The number of tetrazole rings is 1. The van der Waals surface area contributed by atoms with Crippen molar-refractivity contribution in [2.75, 3.05) is 0 Å². The second-order valence-corrected chi connectivity index (χ2v) is 5.57. The summed E-state index contributed by atoms with van der Waals surface area (Å²) in [6.07, 6.45) is 0. The predicted octanol–water partition coefficient (Wildman–Crippen LogP) is 1.57. The van der Waals surface area contributed by atoms with E-state index in [0.717, 1.165) is 10.4 Å². The Morgan fingerprint density at radius 3 is 2.94 bits per heavy atom. The van der Waals surface area contributed by atoms with Gasteiger partial charge in [-0.1, -0.05) is 11.8 Å². The summed E-state index contributed by atoms with van der Waals surface area (Å²) in [6, 6.07) is 1.71. The van der Waals surface area contributed by atoms with Crippen molar-refractivity contribution in [3.05, 3.63) is 21.4 Å². The number of aryl methyl sites for hydroxylation is 2. The Balaban J connectivity index is 2.09. The van der Waals surface area contributed by atoms with Gasteiger partial charge in [0.05, 0.1) is 0 Å². The van der Waals surface area contributed by atoms with Crippen molar-refractivity contribution in [1.82, 2.24) is 20.2 Å². The van der Waals surface area contributed by atoms with E-state index < -0.39 is 5.97 Å². The fourth-order valence-electron chi connectivity index (χ4n) is 1.25. The molecule has 0 saturated heterocycles. The number of hydrogen-bond donors (Lipinski definition) is 1. The molecule has 0 spiro atoms. The maximum atomic E-state index is 10.8. The van der Waals surface area contributed by atoms with E-state index in [-0.39, 0.29) is 0 Å². The third-order valence-electron chi connectivity index (χ3n) is 2.17. The van der Waals surface area contributed by atoms with E-state index in [1.165, 1.54) is 23.1 Å². The second-order valence-electron chi connectivity index (χ2n) is 3.37. The molecule has 0 amide bonds. The molecule has 0 aromatic carbocycles. The van der Waals surface area contributed by atoms with Crippen molar-refractivity contribution in [2.45, 2.75) is 17.8 Å². The lowest BCUT2D eigenvalue weighted by molar-refractivity contribution is 0.0702. The average Bonchev–Trinajstić information content (AvgIpc) is 2.82. The smallest absolute Gasteiger partial charge is 0.345 e. The molecule has 2 heterocycles. The molecule has 1 N–H and O–H groups in total. The van der Waals surface area contributed by atoms with Crippen molar-refractivity contribution in [1.29, 1.82) is 0 Å². The summed E-state index contributed by atoms with van der Waals surface area (Å²) in [6.45, 7) is 1.92. The standard InChI is InChI=1S/C9H10N4O2S2/c1-5-6(3-7(17-5)8(14)15)4-16-9-10-11-12-13(9)2/h3H,4H2,1-2H3,(H,14,15). The molecular formula is C9H10N4O2S2. The molecule has 0 atom stereocenters. The van der Waals surface area contributed by atoms with Crippen LogP contribution in [0.4, 0.5) is 0 Å². The van der Waals surface area contributed by atoms with E-state index in [9.17, 15) is 4.79 Å². The topological polar surface area (TPSA) is 80.9 Å². The quantitative estimate of drug-likeness (QED) is 0.849. The zero-order valence-corrected chi connectivity index (χ0v) is 10.9. The summed E-state index contributed by atoms with van der Waals surface area (Å²) < 4.78 is 1.59. The molecule has 17 heavy (non-hydrogen) atoms. The molecule has 0 bridgehead atoms. The normalized spacial score (nSPS) is 10.7. The summed E-state index contributed by atoms with van der Waals surface area (Å²) in [7, 11) is 1.77. The van der Waals surface area contributed by atoms with Gasteiger partial charge in [0.15, 0.2) is 0 Å². The average molecular weight is 270 g/mol. The van der Waals surface area contributed by atoms with Gasteiger partial charge in [-0.05, 0) is 29.0 Å². The maximum Gasteiger partial charge on any atom is 0.345 e. The predicted molar refractivity (Wildman–Crippen MR) is 64.4 cm³/mol. The molecule has 0 aliphatic heterocycles. The van der Waals surface area contributed by atoms with Gasteiger partial charge in [0.1, 0.15) is 4.88 Å². The molecule has 2 aromatic heterocycles. The number of aromatic nitrogens is 4. The van der Waals surface area contributed by atoms with Crippen LogP contribution in [-0.4, -0.2) is 31.3 Å². The number of aromatic carboxylic acids is 1. The Bertz CT molecular complexity index is 549. The minimum Gasteiger partial charge on any atom is -0.477 e. The van der Waals surface area contributed by atoms with Gasteiger partial charge in [-0.2, -0.15) is 0 Å². The number of hydrogen-bond acceptors (Lipinski definition) is 6. The van der Waals surface area contributed by atoms with Crippen molar-refractivity contribution >= 4 is 29.1 Å². The highest BCUT2D eigenvalue weighted by atomic mass is 32.2. The monoisotopic (exact) mass is 270 g/mol. The van der Waals surface area contributed by atoms with Crippen LogP contribution in [0.15, 0.2) is 11.2 Å². The molecule has 0 saturated carbocycles. The molecule has 0 aliphatic rings. The van der Waals surface area contributed by atoms with Crippen LogP contribution in [0.5, 0.6) is 0 Å². The van der Waals surface area contributed by atoms with E-state index in [0.29, 0.717) is 15.8 Å². The summed E-state index contributed by atoms with van der Waals surface area (Å²) in [5.74, 6) is -0.209. The van der Waals surface area contributed by atoms with Gasteiger partial charge < -0.3 is 5.11 Å². The first-order valence-electron chi connectivity index (χ1n) is 4.75. The lowest BCUT2D eigenvalue weighted by atomic mass is 10.3. The van der Waals surface area contributed by atoms with E-state index in [2.05, 4.69) is 15.5 Å². The second kappa shape index (κ2) is 4.84. The van der Waals surface area contributed by atoms with E-state index in [1.807, 2.05) is 6.92 Å². The number of thioether (sulfide) groups is 1. The third-order valence-corrected chi connectivity index (χ3v) is 4.31. The van der Waals surface area contributed by atoms with Gasteiger partial charge >= 0.3 is 5.97 Å². The molecule has 6 nitrogen and oxygen atoms in total. The highest BCUT2D eigenvalue weighted by Gasteiger charge is 2.12. The van der Waals surface area contributed by atoms with Crippen molar-refractivity contribution < 1.29 is 9.90 Å². The lowest BCUT2D eigenvalue weighted by Crippen LogP contribution is -1.93. The van der Waals surface area contributed by atoms with Crippen LogP contribution in [0.3, 0.4) is 0 Å². The van der Waals surface area contributed by atoms with Crippen LogP contribution in [-0.2, 0) is 12.8 Å². The van der Waals surface area contributed by atoms with E-state index in [4.69, 9.17) is 5.11 Å². The number of carboxylic acid groups (broad SMARTS) is 1. The summed E-state index contributed by atoms with van der Waals surface area (Å²) in [4.78, 5) is 12.2. The van der Waals surface area contributed by atoms with Crippen LogP contribution in [0.2, 0.25) is 0 Å². The Morgan fingerprint density at radius 2 is 2.41 bits per heavy atom. The summed E-state index contributed by atoms with van der Waals surface area (Å²) in [5.41, 5.74) is 1.01. The minimum absolute atomic E-state index is 0.370. The number of carbonyl (C=O) groups is 1. The van der Waals surface area contributed by atoms with Gasteiger partial charge in [-0.3, -0.25) is 0 Å². The first kappa shape index (κ1) is 12.1. The number of carboxylic acids is 1. The van der Waals surface area contributed by atoms with E-state index >= 15 is 0 Å². The SMILES string of the molecule is Cc1sc(C(=O)O)cc1CSc1nnnn1C. The largest absolute Gasteiger partial charge is 0.477 e. The molecule has 2 aromatic rings. The van der Waals surface area contributed by atoms with Gasteiger partial charge in [0.25, 0.3) is 0 Å². The Hall–Kier alpha value is -1.41. The van der Waals surface area contributed by atoms with E-state index in [1.54, 1.807) is 17.8 Å². The summed E-state index contributed by atoms with van der Waals surface area (Å²) in [5, 5.41) is 20.7. The fourth-order valence-corrected chi connectivity index (χ4v) is 3.13. The van der Waals surface area contributed by atoms with Crippen LogP contribution < -0.4 is 0 Å². The minimum atomic E-state index is -0.880. The molecule has 0 fully saturated rings. The summed E-state index contributed by atoms with van der Waals surface area (Å²) >= 11 is 2.78. The van der Waals surface area contributed by atoms with Gasteiger partial charge in [0, 0.05) is 17.7 Å². The third kappa shape index (κ3) is 2.64. The first-order valence-corrected chi connectivity index (χ1v) is 6.56. The van der Waals surface area contributed by atoms with Crippen molar-refractivity contribution in [2.24, 2.45) is 7.05 Å². The van der Waals surface area contributed by atoms with Crippen LogP contribution >= 0.6 is 23.1 Å². The highest BCUT2D eigenvalue weighted by Crippen LogP contribution is 2.27. The molecule has 0 radical (unpaired) electrons. The lowest BCUT2D eigenvalue weighted by Gasteiger charge is -1.98. The fraction of sp³-hybridized carbons (Fsp3) is 0.333.